The van der Waals surface area contributed by atoms with Gasteiger partial charge in [-0.1, -0.05) is 121 Å². The van der Waals surface area contributed by atoms with Gasteiger partial charge in [-0.05, 0) is 181 Å². The lowest BCUT2D eigenvalue weighted by Gasteiger charge is -2.19. The molecule has 0 saturated heterocycles. The molecule has 280 valence electrons. The molecule has 0 atom stereocenters. The molecular weight excluding hydrogens is 751 g/mol. The van der Waals surface area contributed by atoms with Crippen molar-refractivity contribution in [2.75, 3.05) is 0 Å². The highest BCUT2D eigenvalue weighted by Crippen LogP contribution is 2.56. The highest BCUT2D eigenvalue weighted by Gasteiger charge is 2.29. The molecule has 11 aromatic carbocycles. The van der Waals surface area contributed by atoms with Gasteiger partial charge in [0.2, 0.25) is 0 Å². The molecule has 2 aliphatic rings. The van der Waals surface area contributed by atoms with Gasteiger partial charge in [-0.25, -0.2) is 0 Å². The Morgan fingerprint density at radius 3 is 1.63 bits per heavy atom. The molecule has 13 rings (SSSR count). The minimum atomic E-state index is 0.612. The molecule has 0 heterocycles. The summed E-state index contributed by atoms with van der Waals surface area (Å²) in [4.78, 5) is 0. The molecule has 0 fully saturated rings. The maximum absolute atomic E-state index is 10.1. The lowest BCUT2D eigenvalue weighted by Crippen LogP contribution is -1.92. The van der Waals surface area contributed by atoms with Crippen molar-refractivity contribution in [3.8, 4) is 96.1 Å². The molecule has 62 heavy (non-hydrogen) atoms. The van der Waals surface area contributed by atoms with Crippen molar-refractivity contribution in [1.82, 2.24) is 0 Å². The average Bonchev–Trinajstić information content (AvgIpc) is 3.83. The zero-order valence-electron chi connectivity index (χ0n) is 33.1. The van der Waals surface area contributed by atoms with E-state index in [2.05, 4.69) is 133 Å². The van der Waals surface area contributed by atoms with Crippen LogP contribution in [0.15, 0.2) is 176 Å². The maximum Gasteiger partial charge on any atom is 0.0998 e. The van der Waals surface area contributed by atoms with E-state index in [-0.39, 0.29) is 0 Å². The van der Waals surface area contributed by atoms with Crippen LogP contribution in [0.4, 0.5) is 0 Å². The van der Waals surface area contributed by atoms with Gasteiger partial charge in [0.05, 0.1) is 34.9 Å². The molecule has 11 aromatic rings. The first kappa shape index (κ1) is 34.1. The van der Waals surface area contributed by atoms with Crippen molar-refractivity contribution >= 4 is 53.9 Å². The van der Waals surface area contributed by atoms with Crippen LogP contribution >= 0.6 is 0 Å². The Labute approximate surface area is 356 Å². The summed E-state index contributed by atoms with van der Waals surface area (Å²) in [6.07, 6.45) is 0. The van der Waals surface area contributed by atoms with Gasteiger partial charge in [-0.3, -0.25) is 0 Å². The van der Waals surface area contributed by atoms with Crippen LogP contribution < -0.4 is 0 Å². The molecule has 0 saturated carbocycles. The zero-order valence-corrected chi connectivity index (χ0v) is 33.1. The van der Waals surface area contributed by atoms with E-state index in [0.29, 0.717) is 16.7 Å². The first-order chi connectivity index (χ1) is 30.6. The maximum atomic E-state index is 10.1. The summed E-state index contributed by atoms with van der Waals surface area (Å²) in [7, 11) is 0. The van der Waals surface area contributed by atoms with Gasteiger partial charge in [0, 0.05) is 5.56 Å². The van der Waals surface area contributed by atoms with Crippen LogP contribution in [-0.2, 0) is 0 Å². The molecule has 0 unspecified atom stereocenters. The van der Waals surface area contributed by atoms with Crippen LogP contribution in [0.3, 0.4) is 0 Å². The van der Waals surface area contributed by atoms with Crippen molar-refractivity contribution in [2.45, 2.75) is 0 Å². The number of hydrogen-bond donors (Lipinski definition) is 0. The molecule has 0 spiro atoms. The molecule has 3 heteroatoms. The van der Waals surface area contributed by atoms with E-state index in [1.807, 2.05) is 60.7 Å². The van der Waals surface area contributed by atoms with E-state index in [9.17, 15) is 15.8 Å². The van der Waals surface area contributed by atoms with Crippen molar-refractivity contribution in [1.29, 1.82) is 15.8 Å². The Hall–Kier alpha value is -8.81. The molecule has 0 N–H and O–H groups in total. The summed E-state index contributed by atoms with van der Waals surface area (Å²) in [6.45, 7) is 0. The second-order valence-corrected chi connectivity index (χ2v) is 16.4. The van der Waals surface area contributed by atoms with Crippen molar-refractivity contribution in [3.05, 3.63) is 193 Å². The highest BCUT2D eigenvalue weighted by atomic mass is 14.3. The molecule has 0 amide bonds. The first-order valence-electron chi connectivity index (χ1n) is 20.8. The van der Waals surface area contributed by atoms with E-state index in [4.69, 9.17) is 0 Å². The van der Waals surface area contributed by atoms with Gasteiger partial charge in [-0.2, -0.15) is 15.8 Å². The van der Waals surface area contributed by atoms with Gasteiger partial charge in [0.15, 0.2) is 0 Å². The first-order valence-corrected chi connectivity index (χ1v) is 20.8. The summed E-state index contributed by atoms with van der Waals surface area (Å²) in [5, 5.41) is 41.8. The third-order valence-electron chi connectivity index (χ3n) is 13.4. The molecule has 0 radical (unpaired) electrons. The smallest absolute Gasteiger partial charge is 0.0998 e. The fourth-order valence-corrected chi connectivity index (χ4v) is 10.8. The Morgan fingerprint density at radius 2 is 0.839 bits per heavy atom. The minimum Gasteiger partial charge on any atom is -0.192 e. The molecule has 2 aliphatic carbocycles. The predicted octanol–water partition coefficient (Wildman–Crippen LogP) is 15.4. The summed E-state index contributed by atoms with van der Waals surface area (Å²) in [5.74, 6) is 0. The number of nitrogens with zero attached hydrogens (tertiary/aromatic N) is 3. The van der Waals surface area contributed by atoms with Crippen LogP contribution in [0.1, 0.15) is 16.7 Å². The summed E-state index contributed by atoms with van der Waals surface area (Å²) in [5.41, 5.74) is 17.6. The second kappa shape index (κ2) is 12.6. The molecule has 0 aromatic heterocycles. The Morgan fingerprint density at radius 1 is 0.274 bits per heavy atom. The Balaban J connectivity index is 1.16. The van der Waals surface area contributed by atoms with Gasteiger partial charge in [0.25, 0.3) is 0 Å². The summed E-state index contributed by atoms with van der Waals surface area (Å²) in [6, 6.07) is 69.1. The van der Waals surface area contributed by atoms with Crippen LogP contribution in [0.5, 0.6) is 0 Å². The molecular formula is C59H29N3. The van der Waals surface area contributed by atoms with Gasteiger partial charge >= 0.3 is 0 Å². The van der Waals surface area contributed by atoms with Gasteiger partial charge in [0.1, 0.15) is 0 Å². The fourth-order valence-electron chi connectivity index (χ4n) is 10.8. The Bertz CT molecular complexity index is 4010. The van der Waals surface area contributed by atoms with Gasteiger partial charge < -0.3 is 0 Å². The SMILES string of the molecule is N#Cc1cccc(-c2cc3c4cc5c(c(-c6cccc(C#N)c6)c4ccc3c3cc4c(cc23)-c2ccc(-c3ccccc3C#N)c3cccc-4c23)-c2cccc3cccc-5c23)c1. The number of rotatable bonds is 3. The highest BCUT2D eigenvalue weighted by molar-refractivity contribution is 6.30. The number of nitriles is 3. The zero-order chi connectivity index (χ0) is 41.2. The third kappa shape index (κ3) is 4.56. The van der Waals surface area contributed by atoms with Gasteiger partial charge in [-0.15, -0.1) is 0 Å². The summed E-state index contributed by atoms with van der Waals surface area (Å²) >= 11 is 0. The predicted molar refractivity (Wildman–Crippen MR) is 253 cm³/mol. The summed E-state index contributed by atoms with van der Waals surface area (Å²) < 4.78 is 0. The van der Waals surface area contributed by atoms with Crippen molar-refractivity contribution < 1.29 is 0 Å². The molecule has 3 nitrogen and oxygen atoms in total. The van der Waals surface area contributed by atoms with Crippen molar-refractivity contribution in [3.63, 3.8) is 0 Å². The van der Waals surface area contributed by atoms with E-state index in [0.717, 1.165) is 71.1 Å². The lowest BCUT2D eigenvalue weighted by molar-refractivity contribution is 1.48. The standard InChI is InChI=1S/C59H29N3/c60-30-33-8-3-13-36(24-33)48-26-49-41(50-27-51-43-18-7-17-42-40(39-15-2-1-10-38(39)32-62)20-23-46(58(42)43)52(51)28-54(48)50)21-22-45-53(49)29-55-44-16-5-11-35-12-6-19-47(56(35)44)59(55)57(45)37-14-4-9-34(25-37)31-61/h1-29H. The molecule has 0 bridgehead atoms. The second-order valence-electron chi connectivity index (χ2n) is 16.4. The van der Waals surface area contributed by atoms with Crippen LogP contribution in [-0.4, -0.2) is 0 Å². The third-order valence-corrected chi connectivity index (χ3v) is 13.4. The fraction of sp³-hybridized carbons (Fsp3) is 0. The van der Waals surface area contributed by atoms with E-state index in [1.165, 1.54) is 60.7 Å². The van der Waals surface area contributed by atoms with E-state index in [1.54, 1.807) is 0 Å². The van der Waals surface area contributed by atoms with Crippen LogP contribution in [0.2, 0.25) is 0 Å². The van der Waals surface area contributed by atoms with E-state index < -0.39 is 0 Å². The van der Waals surface area contributed by atoms with Crippen molar-refractivity contribution in [2.24, 2.45) is 0 Å². The monoisotopic (exact) mass is 779 g/mol. The lowest BCUT2D eigenvalue weighted by atomic mass is 9.84. The largest absolute Gasteiger partial charge is 0.192 e. The number of benzene rings is 11. The minimum absolute atomic E-state index is 0.612. The number of fused-ring (bicyclic) bond motifs is 11. The van der Waals surface area contributed by atoms with Crippen LogP contribution in [0, 0.1) is 34.0 Å². The number of hydrogen-bond acceptors (Lipinski definition) is 3. The van der Waals surface area contributed by atoms with Crippen LogP contribution in [0.25, 0.3) is 132 Å². The average molecular weight is 780 g/mol. The topological polar surface area (TPSA) is 71.4 Å². The Kier molecular flexibility index (Phi) is 6.93. The normalized spacial score (nSPS) is 11.8. The quantitative estimate of drug-likeness (QED) is 0.168. The van der Waals surface area contributed by atoms with E-state index >= 15 is 0 Å². The molecule has 0 aliphatic heterocycles.